The number of nitrogens with two attached hydrogens (primary N) is 1. The van der Waals surface area contributed by atoms with Crippen molar-refractivity contribution in [3.8, 4) is 0 Å². The molecule has 0 amide bonds. The Hall–Kier alpha value is 0.330. The van der Waals surface area contributed by atoms with Gasteiger partial charge in [-0.1, -0.05) is 0 Å². The van der Waals surface area contributed by atoms with Crippen molar-refractivity contribution in [3.63, 3.8) is 0 Å². The lowest BCUT2D eigenvalue weighted by Gasteiger charge is -2.22. The van der Waals surface area contributed by atoms with Crippen LogP contribution in [0.5, 0.6) is 0 Å². The lowest BCUT2D eigenvalue weighted by atomic mass is 10.1. The molecule has 0 saturated carbocycles. The van der Waals surface area contributed by atoms with Crippen molar-refractivity contribution in [2.24, 2.45) is 5.73 Å². The number of hydrogen-bond acceptors (Lipinski definition) is 3. The second-order valence-electron chi connectivity index (χ2n) is 2.47. The van der Waals surface area contributed by atoms with Crippen molar-refractivity contribution in [1.82, 2.24) is 0 Å². The quantitative estimate of drug-likeness (QED) is 0.521. The highest BCUT2D eigenvalue weighted by atomic mass is 32.1. The summed E-state index contributed by atoms with van der Waals surface area (Å²) in [4.78, 5) is 10.5. The third-order valence-electron chi connectivity index (χ3n) is 1.03. The summed E-state index contributed by atoms with van der Waals surface area (Å²) in [5.41, 5.74) is 5.39. The van der Waals surface area contributed by atoms with E-state index in [9.17, 15) is 4.79 Å². The van der Waals surface area contributed by atoms with Gasteiger partial charge < -0.3 is 5.73 Å². The molecule has 0 aliphatic carbocycles. The van der Waals surface area contributed by atoms with Crippen molar-refractivity contribution >= 4 is 30.4 Å². The maximum absolute atomic E-state index is 10.5. The summed E-state index contributed by atoms with van der Waals surface area (Å²) in [7, 11) is 0. The SMILES string of the molecule is CC(C)(S)[C@H](N)C(=O)S. The predicted molar refractivity (Wildman–Crippen MR) is 45.0 cm³/mol. The summed E-state index contributed by atoms with van der Waals surface area (Å²) >= 11 is 7.67. The van der Waals surface area contributed by atoms with E-state index in [1.807, 2.05) is 0 Å². The van der Waals surface area contributed by atoms with E-state index >= 15 is 0 Å². The van der Waals surface area contributed by atoms with Gasteiger partial charge in [0, 0.05) is 4.75 Å². The molecule has 0 radical (unpaired) electrons. The summed E-state index contributed by atoms with van der Waals surface area (Å²) in [6.45, 7) is 3.55. The molecule has 0 aromatic rings. The molecule has 0 aromatic carbocycles. The lowest BCUT2D eigenvalue weighted by molar-refractivity contribution is -0.112. The zero-order valence-corrected chi connectivity index (χ0v) is 7.25. The summed E-state index contributed by atoms with van der Waals surface area (Å²) in [5.74, 6) is 0. The molecule has 0 heterocycles. The molecule has 4 heteroatoms. The molecule has 2 nitrogen and oxygen atoms in total. The Bertz CT molecular complexity index is 119. The first-order valence-electron chi connectivity index (χ1n) is 2.56. The largest absolute Gasteiger partial charge is 0.320 e. The van der Waals surface area contributed by atoms with Crippen molar-refractivity contribution in [1.29, 1.82) is 0 Å². The number of thiol groups is 2. The first kappa shape index (κ1) is 9.33. The minimum absolute atomic E-state index is 0.324. The van der Waals surface area contributed by atoms with Gasteiger partial charge in [-0.2, -0.15) is 12.6 Å². The van der Waals surface area contributed by atoms with Crippen LogP contribution in [0.3, 0.4) is 0 Å². The lowest BCUT2D eigenvalue weighted by Crippen LogP contribution is -2.43. The van der Waals surface area contributed by atoms with E-state index in [2.05, 4.69) is 25.3 Å². The average molecular weight is 165 g/mol. The highest BCUT2D eigenvalue weighted by molar-refractivity contribution is 7.97. The predicted octanol–water partition coefficient (Wildman–Crippen LogP) is 0.478. The molecule has 0 spiro atoms. The minimum Gasteiger partial charge on any atom is -0.320 e. The van der Waals surface area contributed by atoms with Crippen molar-refractivity contribution in [2.45, 2.75) is 24.6 Å². The van der Waals surface area contributed by atoms with Crippen LogP contribution in [-0.2, 0) is 4.79 Å². The molecule has 54 valence electrons. The van der Waals surface area contributed by atoms with Gasteiger partial charge in [0.25, 0.3) is 0 Å². The fourth-order valence-corrected chi connectivity index (χ4v) is 0.844. The third-order valence-corrected chi connectivity index (χ3v) is 1.58. The number of rotatable bonds is 2. The van der Waals surface area contributed by atoms with Gasteiger partial charge in [0.05, 0.1) is 6.04 Å². The normalized spacial score (nSPS) is 15.2. The van der Waals surface area contributed by atoms with Crippen LogP contribution in [0.15, 0.2) is 0 Å². The second-order valence-corrected chi connectivity index (χ2v) is 4.06. The molecule has 0 rings (SSSR count). The van der Waals surface area contributed by atoms with E-state index < -0.39 is 10.8 Å². The fourth-order valence-electron chi connectivity index (χ4n) is 0.302. The molecule has 2 N–H and O–H groups in total. The van der Waals surface area contributed by atoms with Crippen LogP contribution < -0.4 is 5.73 Å². The fraction of sp³-hybridized carbons (Fsp3) is 0.800. The van der Waals surface area contributed by atoms with E-state index in [-0.39, 0.29) is 5.12 Å². The van der Waals surface area contributed by atoms with Crippen LogP contribution in [0.1, 0.15) is 13.8 Å². The Morgan fingerprint density at radius 1 is 1.67 bits per heavy atom. The van der Waals surface area contributed by atoms with E-state index in [0.717, 1.165) is 0 Å². The summed E-state index contributed by atoms with van der Waals surface area (Å²) < 4.78 is -0.473. The van der Waals surface area contributed by atoms with Crippen LogP contribution in [-0.4, -0.2) is 15.9 Å². The molecule has 0 bridgehead atoms. The first-order chi connectivity index (χ1) is 3.85. The standard InChI is InChI=1S/C5H11NOS2/c1-5(2,9)3(6)4(7)8/h3,9H,6H2,1-2H3,(H,7,8)/t3-/m1/s1. The van der Waals surface area contributed by atoms with Gasteiger partial charge in [-0.25, -0.2) is 0 Å². The summed E-state index contributed by atoms with van der Waals surface area (Å²) in [6.07, 6.45) is 0. The Kier molecular flexibility index (Phi) is 3.05. The van der Waals surface area contributed by atoms with Crippen LogP contribution in [0.4, 0.5) is 0 Å². The van der Waals surface area contributed by atoms with Crippen LogP contribution in [0, 0.1) is 0 Å². The van der Waals surface area contributed by atoms with Crippen molar-refractivity contribution in [2.75, 3.05) is 0 Å². The monoisotopic (exact) mass is 165 g/mol. The highest BCUT2D eigenvalue weighted by Crippen LogP contribution is 2.16. The van der Waals surface area contributed by atoms with Crippen LogP contribution in [0.2, 0.25) is 0 Å². The molecular weight excluding hydrogens is 154 g/mol. The summed E-state index contributed by atoms with van der Waals surface area (Å²) in [6, 6.07) is -0.593. The van der Waals surface area contributed by atoms with Gasteiger partial charge in [-0.05, 0) is 13.8 Å². The molecule has 0 aliphatic heterocycles. The zero-order valence-electron chi connectivity index (χ0n) is 5.46. The van der Waals surface area contributed by atoms with Gasteiger partial charge in [0.2, 0.25) is 5.12 Å². The number of hydrogen-bond donors (Lipinski definition) is 3. The van der Waals surface area contributed by atoms with Crippen LogP contribution in [0.25, 0.3) is 0 Å². The Morgan fingerprint density at radius 3 is 2.00 bits per heavy atom. The first-order valence-corrected chi connectivity index (χ1v) is 3.46. The van der Waals surface area contributed by atoms with Gasteiger partial charge >= 0.3 is 0 Å². The Labute approximate surface area is 66.0 Å². The molecule has 0 fully saturated rings. The molecule has 1 atom stereocenters. The van der Waals surface area contributed by atoms with Gasteiger partial charge in [0.15, 0.2) is 0 Å². The topological polar surface area (TPSA) is 43.1 Å². The smallest absolute Gasteiger partial charge is 0.203 e. The minimum atomic E-state index is -0.593. The Balaban J connectivity index is 4.04. The molecule has 0 aliphatic rings. The van der Waals surface area contributed by atoms with Gasteiger partial charge in [-0.15, -0.1) is 12.6 Å². The van der Waals surface area contributed by atoms with E-state index in [1.54, 1.807) is 13.8 Å². The van der Waals surface area contributed by atoms with Crippen LogP contribution >= 0.6 is 25.3 Å². The maximum Gasteiger partial charge on any atom is 0.203 e. The third kappa shape index (κ3) is 3.13. The van der Waals surface area contributed by atoms with E-state index in [0.29, 0.717) is 0 Å². The Morgan fingerprint density at radius 2 is 2.00 bits per heavy atom. The highest BCUT2D eigenvalue weighted by Gasteiger charge is 2.25. The number of carbonyl (C=O) groups is 1. The average Bonchev–Trinajstić information content (AvgIpc) is 1.62. The maximum atomic E-state index is 10.5. The molecule has 0 unspecified atom stereocenters. The van der Waals surface area contributed by atoms with Crippen molar-refractivity contribution < 1.29 is 4.79 Å². The molecule has 9 heavy (non-hydrogen) atoms. The molecule has 0 saturated heterocycles. The van der Waals surface area contributed by atoms with E-state index in [1.165, 1.54) is 0 Å². The number of carbonyl (C=O) groups excluding carboxylic acids is 1. The van der Waals surface area contributed by atoms with Gasteiger partial charge in [0.1, 0.15) is 0 Å². The summed E-state index contributed by atoms with van der Waals surface area (Å²) in [5, 5.41) is -0.324. The van der Waals surface area contributed by atoms with Gasteiger partial charge in [-0.3, -0.25) is 4.79 Å². The molecule has 0 aromatic heterocycles. The van der Waals surface area contributed by atoms with E-state index in [4.69, 9.17) is 5.73 Å². The molecular formula is C5H11NOS2. The van der Waals surface area contributed by atoms with Crippen molar-refractivity contribution in [3.05, 3.63) is 0 Å². The zero-order chi connectivity index (χ0) is 7.65. The second kappa shape index (κ2) is 2.94.